The van der Waals surface area contributed by atoms with Crippen LogP contribution in [0.3, 0.4) is 0 Å². The van der Waals surface area contributed by atoms with Gasteiger partial charge in [0.1, 0.15) is 5.75 Å². The summed E-state index contributed by atoms with van der Waals surface area (Å²) in [4.78, 5) is 28.0. The highest BCUT2D eigenvalue weighted by atomic mass is 16.5. The molecule has 2 heterocycles. The summed E-state index contributed by atoms with van der Waals surface area (Å²) in [6, 6.07) is 18.0. The van der Waals surface area contributed by atoms with Crippen molar-refractivity contribution in [1.29, 1.82) is 0 Å². The average molecular weight is 378 g/mol. The lowest BCUT2D eigenvalue weighted by Gasteiger charge is -2.32. The van der Waals surface area contributed by atoms with E-state index in [1.807, 2.05) is 35.2 Å². The molecule has 0 unspecified atom stereocenters. The van der Waals surface area contributed by atoms with Crippen LogP contribution in [0.1, 0.15) is 37.2 Å². The van der Waals surface area contributed by atoms with Crippen molar-refractivity contribution in [3.05, 3.63) is 60.2 Å². The number of carbonyl (C=O) groups excluding carboxylic acids is 2. The number of ether oxygens (including phenoxy) is 1. The maximum absolute atomic E-state index is 12.5. The first-order chi connectivity index (χ1) is 13.7. The van der Waals surface area contributed by atoms with E-state index >= 15 is 0 Å². The number of hydrogen-bond acceptors (Lipinski definition) is 3. The number of anilines is 1. The van der Waals surface area contributed by atoms with Crippen molar-refractivity contribution in [3.8, 4) is 5.75 Å². The third-order valence-corrected chi connectivity index (χ3v) is 5.70. The van der Waals surface area contributed by atoms with E-state index in [0.717, 1.165) is 44.6 Å². The van der Waals surface area contributed by atoms with Crippen molar-refractivity contribution in [2.45, 2.75) is 31.6 Å². The second-order valence-electron chi connectivity index (χ2n) is 7.50. The topological polar surface area (TPSA) is 49.9 Å². The number of carbonyl (C=O) groups is 2. The largest absolute Gasteiger partial charge is 0.484 e. The minimum Gasteiger partial charge on any atom is -0.484 e. The standard InChI is InChI=1S/C23H26N2O3/c26-22-7-4-14-25(22)20-8-10-21(11-9-20)28-17-23(27)24-15-12-19(13-16-24)18-5-2-1-3-6-18/h1-3,5-6,8-11,19H,4,7,12-17H2. The molecule has 0 radical (unpaired) electrons. The van der Waals surface area contributed by atoms with Crippen molar-refractivity contribution in [3.63, 3.8) is 0 Å². The molecule has 2 fully saturated rings. The van der Waals surface area contributed by atoms with Crippen molar-refractivity contribution >= 4 is 17.5 Å². The van der Waals surface area contributed by atoms with Crippen LogP contribution in [-0.2, 0) is 9.59 Å². The van der Waals surface area contributed by atoms with Gasteiger partial charge in [0.2, 0.25) is 5.91 Å². The minimum absolute atomic E-state index is 0.0327. The first-order valence-electron chi connectivity index (χ1n) is 10.1. The van der Waals surface area contributed by atoms with Gasteiger partial charge in [-0.15, -0.1) is 0 Å². The molecule has 146 valence electrons. The third-order valence-electron chi connectivity index (χ3n) is 5.70. The number of benzene rings is 2. The van der Waals surface area contributed by atoms with E-state index in [2.05, 4.69) is 24.3 Å². The maximum atomic E-state index is 12.5. The molecule has 2 saturated heterocycles. The molecule has 5 heteroatoms. The van der Waals surface area contributed by atoms with Crippen molar-refractivity contribution < 1.29 is 14.3 Å². The molecule has 2 amide bonds. The van der Waals surface area contributed by atoms with E-state index < -0.39 is 0 Å². The monoisotopic (exact) mass is 378 g/mol. The highest BCUT2D eigenvalue weighted by Crippen LogP contribution is 2.28. The molecule has 5 nitrogen and oxygen atoms in total. The Morgan fingerprint density at radius 1 is 0.964 bits per heavy atom. The molecule has 0 bridgehead atoms. The molecule has 0 atom stereocenters. The Morgan fingerprint density at radius 3 is 2.32 bits per heavy atom. The van der Waals surface area contributed by atoms with Gasteiger partial charge < -0.3 is 14.5 Å². The summed E-state index contributed by atoms with van der Waals surface area (Å²) < 4.78 is 5.68. The molecule has 0 aliphatic carbocycles. The van der Waals surface area contributed by atoms with Gasteiger partial charge in [-0.3, -0.25) is 9.59 Å². The predicted molar refractivity (Wildman–Crippen MR) is 109 cm³/mol. The fourth-order valence-corrected chi connectivity index (χ4v) is 4.07. The minimum atomic E-state index is 0.0327. The summed E-state index contributed by atoms with van der Waals surface area (Å²) >= 11 is 0. The van der Waals surface area contributed by atoms with Gasteiger partial charge in [0, 0.05) is 31.7 Å². The normalized spacial score (nSPS) is 17.8. The molecule has 4 rings (SSSR count). The Hall–Kier alpha value is -2.82. The molecule has 28 heavy (non-hydrogen) atoms. The van der Waals surface area contributed by atoms with Gasteiger partial charge in [-0.2, -0.15) is 0 Å². The summed E-state index contributed by atoms with van der Waals surface area (Å²) in [7, 11) is 0. The summed E-state index contributed by atoms with van der Waals surface area (Å²) in [5.41, 5.74) is 2.26. The summed E-state index contributed by atoms with van der Waals surface area (Å²) in [6.45, 7) is 2.38. The third kappa shape index (κ3) is 4.19. The molecular formula is C23H26N2O3. The molecule has 2 aliphatic heterocycles. The van der Waals surface area contributed by atoms with Gasteiger partial charge >= 0.3 is 0 Å². The highest BCUT2D eigenvalue weighted by molar-refractivity contribution is 5.95. The van der Waals surface area contributed by atoms with E-state index in [0.29, 0.717) is 18.1 Å². The molecular weight excluding hydrogens is 352 g/mol. The zero-order chi connectivity index (χ0) is 19.3. The molecule has 0 N–H and O–H groups in total. The smallest absolute Gasteiger partial charge is 0.260 e. The number of likely N-dealkylation sites (tertiary alicyclic amines) is 1. The zero-order valence-electron chi connectivity index (χ0n) is 16.0. The number of hydrogen-bond donors (Lipinski definition) is 0. The second-order valence-corrected chi connectivity index (χ2v) is 7.50. The van der Waals surface area contributed by atoms with Crippen LogP contribution < -0.4 is 9.64 Å². The van der Waals surface area contributed by atoms with Gasteiger partial charge in [0.25, 0.3) is 5.91 Å². The fourth-order valence-electron chi connectivity index (χ4n) is 4.07. The summed E-state index contributed by atoms with van der Waals surface area (Å²) in [5, 5.41) is 0. The molecule has 0 saturated carbocycles. The maximum Gasteiger partial charge on any atom is 0.260 e. The van der Waals surface area contributed by atoms with Crippen molar-refractivity contribution in [2.24, 2.45) is 0 Å². The van der Waals surface area contributed by atoms with Gasteiger partial charge in [-0.25, -0.2) is 0 Å². The lowest BCUT2D eigenvalue weighted by atomic mass is 9.89. The van der Waals surface area contributed by atoms with Crippen LogP contribution in [0.2, 0.25) is 0 Å². The van der Waals surface area contributed by atoms with Crippen LogP contribution in [0.5, 0.6) is 5.75 Å². The van der Waals surface area contributed by atoms with E-state index in [9.17, 15) is 9.59 Å². The first-order valence-corrected chi connectivity index (χ1v) is 10.1. The summed E-state index contributed by atoms with van der Waals surface area (Å²) in [6.07, 6.45) is 3.52. The van der Waals surface area contributed by atoms with Gasteiger partial charge in [0.05, 0.1) is 0 Å². The predicted octanol–water partition coefficient (Wildman–Crippen LogP) is 3.60. The molecule has 2 aromatic rings. The molecule has 0 aromatic heterocycles. The van der Waals surface area contributed by atoms with Crippen LogP contribution in [0.4, 0.5) is 5.69 Å². The quantitative estimate of drug-likeness (QED) is 0.799. The lowest BCUT2D eigenvalue weighted by molar-refractivity contribution is -0.134. The van der Waals surface area contributed by atoms with Crippen LogP contribution >= 0.6 is 0 Å². The Labute approximate surface area is 165 Å². The molecule has 2 aromatic carbocycles. The summed E-state index contributed by atoms with van der Waals surface area (Å²) in [5.74, 6) is 1.39. The van der Waals surface area contributed by atoms with E-state index in [4.69, 9.17) is 4.74 Å². The number of piperidine rings is 1. The Bertz CT molecular complexity index is 812. The van der Waals surface area contributed by atoms with Gasteiger partial charge in [-0.1, -0.05) is 30.3 Å². The van der Waals surface area contributed by atoms with Crippen LogP contribution in [-0.4, -0.2) is 43.0 Å². The van der Waals surface area contributed by atoms with E-state index in [1.54, 1.807) is 4.90 Å². The highest BCUT2D eigenvalue weighted by Gasteiger charge is 2.24. The van der Waals surface area contributed by atoms with Gasteiger partial charge in [0.15, 0.2) is 6.61 Å². The zero-order valence-corrected chi connectivity index (χ0v) is 16.0. The number of nitrogens with zero attached hydrogens (tertiary/aromatic N) is 2. The van der Waals surface area contributed by atoms with Crippen molar-refractivity contribution in [2.75, 3.05) is 31.1 Å². The van der Waals surface area contributed by atoms with E-state index in [1.165, 1.54) is 5.56 Å². The van der Waals surface area contributed by atoms with Crippen LogP contribution in [0.25, 0.3) is 0 Å². The Kier molecular flexibility index (Phi) is 5.60. The lowest BCUT2D eigenvalue weighted by Crippen LogP contribution is -2.40. The van der Waals surface area contributed by atoms with E-state index in [-0.39, 0.29) is 18.4 Å². The first kappa shape index (κ1) is 18.5. The Balaban J connectivity index is 1.25. The van der Waals surface area contributed by atoms with Crippen LogP contribution in [0.15, 0.2) is 54.6 Å². The second kappa shape index (κ2) is 8.46. The number of rotatable bonds is 5. The average Bonchev–Trinajstić information content (AvgIpc) is 3.19. The number of amides is 2. The molecule has 0 spiro atoms. The fraction of sp³-hybridized carbons (Fsp3) is 0.391. The van der Waals surface area contributed by atoms with Crippen molar-refractivity contribution in [1.82, 2.24) is 4.90 Å². The van der Waals surface area contributed by atoms with Crippen LogP contribution in [0, 0.1) is 0 Å². The Morgan fingerprint density at radius 2 is 1.68 bits per heavy atom. The van der Waals surface area contributed by atoms with Gasteiger partial charge in [-0.05, 0) is 55.0 Å². The molecule has 2 aliphatic rings. The SMILES string of the molecule is O=C(COc1ccc(N2CCCC2=O)cc1)N1CCC(c2ccccc2)CC1.